The maximum atomic E-state index is 12.8. The molecule has 0 aromatic heterocycles. The first kappa shape index (κ1) is 17.5. The van der Waals surface area contributed by atoms with E-state index in [4.69, 9.17) is 4.42 Å². The van der Waals surface area contributed by atoms with Crippen molar-refractivity contribution in [3.8, 4) is 11.1 Å². The molecule has 28 heavy (non-hydrogen) atoms. The van der Waals surface area contributed by atoms with E-state index in [1.807, 2.05) is 25.1 Å². The number of aromatic amines is 1. The lowest BCUT2D eigenvalue weighted by molar-refractivity contribution is 0.0695. The molecule has 2 N–H and O–H groups in total. The third-order valence-corrected chi connectivity index (χ3v) is 4.60. The van der Waals surface area contributed by atoms with Crippen LogP contribution in [0.4, 0.5) is 5.69 Å². The van der Waals surface area contributed by atoms with E-state index in [0.29, 0.717) is 16.7 Å². The summed E-state index contributed by atoms with van der Waals surface area (Å²) in [5, 5.41) is 9.81. The molecule has 7 nitrogen and oxygen atoms in total. The highest BCUT2D eigenvalue weighted by molar-refractivity contribution is 5.96. The van der Waals surface area contributed by atoms with Gasteiger partial charge in [0.25, 0.3) is 5.43 Å². The van der Waals surface area contributed by atoms with Crippen LogP contribution in [0, 0.1) is 10.8 Å². The van der Waals surface area contributed by atoms with Gasteiger partial charge in [-0.3, -0.25) is 9.59 Å². The number of carboxylic acid groups (broad SMARTS) is 1. The summed E-state index contributed by atoms with van der Waals surface area (Å²) in [6.45, 7) is 0. The Morgan fingerprint density at radius 2 is 1.75 bits per heavy atom. The van der Waals surface area contributed by atoms with Gasteiger partial charge in [-0.25, -0.2) is 4.79 Å². The Kier molecular flexibility index (Phi) is 4.00. The molecule has 0 unspecified atom stereocenters. The van der Waals surface area contributed by atoms with Crippen LogP contribution in [0.15, 0.2) is 62.5 Å². The minimum Gasteiger partial charge on any atom is -0.478 e. The molecule has 0 atom stereocenters. The van der Waals surface area contributed by atoms with Gasteiger partial charge < -0.3 is 19.4 Å². The monoisotopic (exact) mass is 376 g/mol. The van der Waals surface area contributed by atoms with Crippen LogP contribution >= 0.6 is 0 Å². The van der Waals surface area contributed by atoms with Crippen molar-refractivity contribution in [2.45, 2.75) is 0 Å². The molecule has 0 amide bonds. The fourth-order valence-corrected chi connectivity index (χ4v) is 3.21. The number of anilines is 1. The number of hydrogen-bond donors (Lipinski definition) is 2. The van der Waals surface area contributed by atoms with E-state index in [9.17, 15) is 19.5 Å². The molecule has 1 heterocycles. The molecule has 140 valence electrons. The molecule has 4 rings (SSSR count). The average Bonchev–Trinajstić information content (AvgIpc) is 2.69. The summed E-state index contributed by atoms with van der Waals surface area (Å²) in [4.78, 5) is 42.4. The molecule has 1 aliphatic carbocycles. The van der Waals surface area contributed by atoms with Gasteiger partial charge >= 0.3 is 5.97 Å². The molecule has 0 saturated carbocycles. The van der Waals surface area contributed by atoms with E-state index in [2.05, 4.69) is 4.98 Å². The largest absolute Gasteiger partial charge is 0.478 e. The molecule has 0 radical (unpaired) electrons. The van der Waals surface area contributed by atoms with Crippen LogP contribution in [0.2, 0.25) is 0 Å². The van der Waals surface area contributed by atoms with Crippen molar-refractivity contribution in [3.05, 3.63) is 85.3 Å². The van der Waals surface area contributed by atoms with Crippen molar-refractivity contribution in [1.82, 2.24) is 4.98 Å². The van der Waals surface area contributed by atoms with Gasteiger partial charge in [-0.15, -0.1) is 0 Å². The number of carbonyl (C=O) groups is 1. The number of fused-ring (bicyclic) bond motifs is 1. The molecule has 2 aliphatic rings. The van der Waals surface area contributed by atoms with E-state index in [1.54, 1.807) is 42.5 Å². The normalized spacial score (nSPS) is 11.1. The summed E-state index contributed by atoms with van der Waals surface area (Å²) in [6.07, 6.45) is 0. The van der Waals surface area contributed by atoms with Gasteiger partial charge in [0.15, 0.2) is 5.58 Å². The predicted octanol–water partition coefficient (Wildman–Crippen LogP) is 2.64. The van der Waals surface area contributed by atoms with Crippen molar-refractivity contribution < 1.29 is 14.3 Å². The first-order chi connectivity index (χ1) is 13.4. The fraction of sp³-hybridized carbons (Fsp3) is 0.0952. The second-order valence-electron chi connectivity index (χ2n) is 6.59. The van der Waals surface area contributed by atoms with Crippen LogP contribution in [-0.4, -0.2) is 30.2 Å². The Balaban J connectivity index is 2.22. The molecular weight excluding hydrogens is 360 g/mol. The van der Waals surface area contributed by atoms with Gasteiger partial charge in [0.05, 0.1) is 16.6 Å². The van der Waals surface area contributed by atoms with Crippen LogP contribution in [0.3, 0.4) is 0 Å². The number of benzene rings is 2. The van der Waals surface area contributed by atoms with Gasteiger partial charge in [-0.1, -0.05) is 30.3 Å². The summed E-state index contributed by atoms with van der Waals surface area (Å²) in [7, 11) is 3.71. The number of H-pyrrole nitrogens is 1. The van der Waals surface area contributed by atoms with E-state index in [-0.39, 0.29) is 21.9 Å². The quantitative estimate of drug-likeness (QED) is 0.533. The first-order valence-electron chi connectivity index (χ1n) is 8.51. The highest BCUT2D eigenvalue weighted by Gasteiger charge is 2.23. The van der Waals surface area contributed by atoms with Crippen LogP contribution in [0.5, 0.6) is 0 Å². The molecule has 1 aliphatic heterocycles. The Morgan fingerprint density at radius 1 is 1.04 bits per heavy atom. The minimum absolute atomic E-state index is 0.0129. The smallest absolute Gasteiger partial charge is 0.338 e. The Bertz CT molecular complexity index is 1400. The lowest BCUT2D eigenvalue weighted by atomic mass is 9.98. The van der Waals surface area contributed by atoms with Crippen LogP contribution in [-0.2, 0) is 0 Å². The molecule has 2 aromatic carbocycles. The summed E-state index contributed by atoms with van der Waals surface area (Å²) < 4.78 is 5.70. The van der Waals surface area contributed by atoms with Gasteiger partial charge in [0.1, 0.15) is 5.35 Å². The summed E-state index contributed by atoms with van der Waals surface area (Å²) in [5.41, 5.74) is -0.473. The van der Waals surface area contributed by atoms with E-state index in [1.165, 1.54) is 0 Å². The number of carboxylic acids is 1. The lowest BCUT2D eigenvalue weighted by Crippen LogP contribution is -2.30. The number of nitrogens with zero attached hydrogens (tertiary/aromatic N) is 1. The van der Waals surface area contributed by atoms with Gasteiger partial charge in [0.2, 0.25) is 10.8 Å². The van der Waals surface area contributed by atoms with Crippen LogP contribution in [0.1, 0.15) is 10.4 Å². The number of rotatable bonds is 3. The number of aromatic nitrogens is 1. The third-order valence-electron chi connectivity index (χ3n) is 4.60. The predicted molar refractivity (Wildman–Crippen MR) is 105 cm³/mol. The van der Waals surface area contributed by atoms with E-state index in [0.717, 1.165) is 5.69 Å². The second-order valence-corrected chi connectivity index (χ2v) is 6.59. The van der Waals surface area contributed by atoms with Crippen molar-refractivity contribution >= 4 is 22.8 Å². The van der Waals surface area contributed by atoms with Crippen molar-refractivity contribution in [1.29, 1.82) is 0 Å². The molecule has 2 aromatic rings. The molecule has 0 bridgehead atoms. The minimum atomic E-state index is -1.32. The lowest BCUT2D eigenvalue weighted by Gasteiger charge is -2.13. The molecular formula is C21H16N2O5. The highest BCUT2D eigenvalue weighted by atomic mass is 16.4. The zero-order valence-electron chi connectivity index (χ0n) is 15.1. The van der Waals surface area contributed by atoms with Crippen LogP contribution < -0.4 is 15.8 Å². The van der Waals surface area contributed by atoms with Crippen LogP contribution in [0.25, 0.3) is 22.2 Å². The highest BCUT2D eigenvalue weighted by Crippen LogP contribution is 2.23. The third kappa shape index (κ3) is 2.64. The topological polar surface area (TPSA) is 104 Å². The number of nitrogens with one attached hydrogen (secondary N) is 1. The number of aromatic carboxylic acids is 1. The average molecular weight is 376 g/mol. The Morgan fingerprint density at radius 3 is 2.39 bits per heavy atom. The van der Waals surface area contributed by atoms with E-state index >= 15 is 0 Å². The maximum Gasteiger partial charge on any atom is 0.338 e. The zero-order chi connectivity index (χ0) is 20.0. The Hall–Kier alpha value is -3.87. The van der Waals surface area contributed by atoms with Crippen molar-refractivity contribution in [2.75, 3.05) is 19.0 Å². The fourth-order valence-electron chi connectivity index (χ4n) is 3.21. The molecule has 7 heteroatoms. The van der Waals surface area contributed by atoms with Crippen molar-refractivity contribution in [3.63, 3.8) is 0 Å². The number of hydrogen-bond acceptors (Lipinski definition) is 5. The SMILES string of the molecule is CN(C)c1ccc2[nH]c3c(C(=O)O)c(-c4ccccc4)c(=O)c(=O)c=3oc2c1. The zero-order valence-corrected chi connectivity index (χ0v) is 15.1. The Labute approximate surface area is 158 Å². The van der Waals surface area contributed by atoms with Gasteiger partial charge in [-0.05, 0) is 17.7 Å². The summed E-state index contributed by atoms with van der Waals surface area (Å²) in [6, 6.07) is 13.5. The molecule has 0 fully saturated rings. The summed E-state index contributed by atoms with van der Waals surface area (Å²) in [5.74, 6) is -1.32. The summed E-state index contributed by atoms with van der Waals surface area (Å²) >= 11 is 0. The second kappa shape index (κ2) is 6.38. The van der Waals surface area contributed by atoms with Gasteiger partial charge in [-0.2, -0.15) is 0 Å². The standard InChI is InChI=1S/C21H16N2O5/c1-23(2)12-8-9-13-14(10-12)28-20-17(22-13)16(21(26)27)15(18(24)19(20)25)11-6-4-3-5-7-11/h3-10,22H,1-2H3,(H,26,27). The van der Waals surface area contributed by atoms with E-state index < -0.39 is 16.8 Å². The first-order valence-corrected chi connectivity index (χ1v) is 8.51. The molecule has 0 spiro atoms. The van der Waals surface area contributed by atoms with Gasteiger partial charge in [0, 0.05) is 25.8 Å². The molecule has 0 saturated heterocycles. The maximum absolute atomic E-state index is 12.8. The van der Waals surface area contributed by atoms with Crippen molar-refractivity contribution in [2.24, 2.45) is 0 Å².